The van der Waals surface area contributed by atoms with Crippen molar-refractivity contribution in [3.05, 3.63) is 28.7 Å². The summed E-state index contributed by atoms with van der Waals surface area (Å²) in [6.07, 6.45) is 1.61. The van der Waals surface area contributed by atoms with Crippen molar-refractivity contribution in [3.8, 4) is 5.75 Å². The van der Waals surface area contributed by atoms with Crippen molar-refractivity contribution in [2.24, 2.45) is 5.73 Å². The second kappa shape index (κ2) is 12.0. The van der Waals surface area contributed by atoms with Crippen molar-refractivity contribution >= 4 is 46.0 Å². The van der Waals surface area contributed by atoms with Crippen LogP contribution in [0, 0.1) is 0 Å². The first-order valence-corrected chi connectivity index (χ1v) is 9.44. The number of ether oxygens (including phenoxy) is 1. The number of hydrogen-bond donors (Lipinski definition) is 2. The maximum atomic E-state index is 11.9. The van der Waals surface area contributed by atoms with E-state index in [0.29, 0.717) is 19.6 Å². The summed E-state index contributed by atoms with van der Waals surface area (Å²) in [7, 11) is 0. The van der Waals surface area contributed by atoms with E-state index in [0.717, 1.165) is 28.1 Å². The van der Waals surface area contributed by atoms with Gasteiger partial charge in [-0.2, -0.15) is 11.8 Å². The molecule has 23 heavy (non-hydrogen) atoms. The molecule has 1 rings (SSSR count). The molecule has 0 aromatic heterocycles. The quantitative estimate of drug-likeness (QED) is 0.562. The Hall–Kier alpha value is -0.430. The molecule has 0 saturated carbocycles. The van der Waals surface area contributed by atoms with E-state index in [1.807, 2.05) is 31.2 Å². The predicted molar refractivity (Wildman–Crippen MR) is 105 cm³/mol. The molecule has 0 fully saturated rings. The number of halogens is 2. The monoisotopic (exact) mass is 424 g/mol. The number of nitrogens with one attached hydrogen (secondary N) is 1. The van der Waals surface area contributed by atoms with Crippen molar-refractivity contribution in [2.45, 2.75) is 32.2 Å². The van der Waals surface area contributed by atoms with Crippen molar-refractivity contribution in [2.75, 3.05) is 24.7 Å². The van der Waals surface area contributed by atoms with Crippen LogP contribution in [-0.4, -0.2) is 36.1 Å². The largest absolute Gasteiger partial charge is 0.493 e. The summed E-state index contributed by atoms with van der Waals surface area (Å²) in [5.74, 6) is 2.54. The average molecular weight is 426 g/mol. The fourth-order valence-corrected chi connectivity index (χ4v) is 2.98. The number of carbonyl (C=O) groups excluding carboxylic acids is 1. The summed E-state index contributed by atoms with van der Waals surface area (Å²) in [6, 6.07) is 7.79. The van der Waals surface area contributed by atoms with Crippen LogP contribution >= 0.6 is 40.1 Å². The van der Waals surface area contributed by atoms with Crippen LogP contribution in [0.15, 0.2) is 28.7 Å². The molecule has 0 bridgehead atoms. The Morgan fingerprint density at radius 3 is 2.83 bits per heavy atom. The highest BCUT2D eigenvalue weighted by molar-refractivity contribution is 9.10. The number of amides is 1. The standard InChI is InChI=1S/C16H25BrN2O2S.ClH/c1-3-7-16(2,18)15(20)19-8-10-22-11-9-21-14-6-4-5-13(17)12-14;/h4-6,12H,3,7-11,18H2,1-2H3,(H,19,20);1H. The second-order valence-electron chi connectivity index (χ2n) is 5.34. The van der Waals surface area contributed by atoms with Gasteiger partial charge in [-0.05, 0) is 31.5 Å². The van der Waals surface area contributed by atoms with Gasteiger partial charge in [0.25, 0.3) is 0 Å². The zero-order valence-electron chi connectivity index (χ0n) is 13.6. The molecular weight excluding hydrogens is 400 g/mol. The molecule has 1 aromatic rings. The van der Waals surface area contributed by atoms with Crippen molar-refractivity contribution in [1.29, 1.82) is 0 Å². The van der Waals surface area contributed by atoms with E-state index in [2.05, 4.69) is 21.2 Å². The minimum absolute atomic E-state index is 0. The van der Waals surface area contributed by atoms with Crippen LogP contribution in [0.3, 0.4) is 0 Å². The van der Waals surface area contributed by atoms with Gasteiger partial charge in [-0.1, -0.05) is 35.3 Å². The van der Waals surface area contributed by atoms with E-state index >= 15 is 0 Å². The van der Waals surface area contributed by atoms with Crippen LogP contribution in [0.2, 0.25) is 0 Å². The molecule has 0 aliphatic rings. The Labute approximate surface area is 157 Å². The molecule has 0 radical (unpaired) electrons. The Morgan fingerprint density at radius 2 is 2.17 bits per heavy atom. The first kappa shape index (κ1) is 22.6. The molecule has 132 valence electrons. The number of benzene rings is 1. The van der Waals surface area contributed by atoms with E-state index in [4.69, 9.17) is 10.5 Å². The van der Waals surface area contributed by atoms with Gasteiger partial charge in [0, 0.05) is 22.5 Å². The smallest absolute Gasteiger partial charge is 0.239 e. The van der Waals surface area contributed by atoms with Gasteiger partial charge in [0.2, 0.25) is 5.91 Å². The lowest BCUT2D eigenvalue weighted by atomic mass is 9.97. The molecule has 0 saturated heterocycles. The lowest BCUT2D eigenvalue weighted by Gasteiger charge is -2.22. The highest BCUT2D eigenvalue weighted by atomic mass is 79.9. The first-order chi connectivity index (χ1) is 10.5. The van der Waals surface area contributed by atoms with Crippen molar-refractivity contribution in [3.63, 3.8) is 0 Å². The molecule has 3 N–H and O–H groups in total. The fraction of sp³-hybridized carbons (Fsp3) is 0.562. The summed E-state index contributed by atoms with van der Waals surface area (Å²) in [5.41, 5.74) is 5.21. The average Bonchev–Trinajstić information content (AvgIpc) is 2.46. The summed E-state index contributed by atoms with van der Waals surface area (Å²) in [6.45, 7) is 5.10. The molecule has 0 aliphatic heterocycles. The van der Waals surface area contributed by atoms with E-state index in [9.17, 15) is 4.79 Å². The molecule has 7 heteroatoms. The number of thioether (sulfide) groups is 1. The molecule has 0 spiro atoms. The fourth-order valence-electron chi connectivity index (χ4n) is 1.95. The lowest BCUT2D eigenvalue weighted by molar-refractivity contribution is -0.125. The van der Waals surface area contributed by atoms with Gasteiger partial charge < -0.3 is 15.8 Å². The normalized spacial score (nSPS) is 12.9. The Balaban J connectivity index is 0.00000484. The number of nitrogens with two attached hydrogens (primary N) is 1. The van der Waals surface area contributed by atoms with Gasteiger partial charge in [-0.25, -0.2) is 0 Å². The summed E-state index contributed by atoms with van der Waals surface area (Å²) < 4.78 is 6.65. The first-order valence-electron chi connectivity index (χ1n) is 7.49. The van der Waals surface area contributed by atoms with Crippen LogP contribution < -0.4 is 15.8 Å². The van der Waals surface area contributed by atoms with Crippen LogP contribution in [0.5, 0.6) is 5.75 Å². The summed E-state index contributed by atoms with van der Waals surface area (Å²) >= 11 is 5.16. The molecule has 1 aromatic carbocycles. The van der Waals surface area contributed by atoms with Crippen LogP contribution in [0.4, 0.5) is 0 Å². The SMILES string of the molecule is CCCC(C)(N)C(=O)NCCSCCOc1cccc(Br)c1.Cl. The van der Waals surface area contributed by atoms with Gasteiger partial charge in [-0.15, -0.1) is 12.4 Å². The topological polar surface area (TPSA) is 64.4 Å². The Morgan fingerprint density at radius 1 is 1.43 bits per heavy atom. The van der Waals surface area contributed by atoms with Crippen LogP contribution in [0.1, 0.15) is 26.7 Å². The number of rotatable bonds is 10. The Kier molecular flexibility index (Phi) is 11.8. The van der Waals surface area contributed by atoms with Gasteiger partial charge in [-0.3, -0.25) is 4.79 Å². The molecule has 1 atom stereocenters. The van der Waals surface area contributed by atoms with Gasteiger partial charge in [0.05, 0.1) is 12.1 Å². The molecule has 1 unspecified atom stereocenters. The second-order valence-corrected chi connectivity index (χ2v) is 7.48. The lowest BCUT2D eigenvalue weighted by Crippen LogP contribution is -2.51. The van der Waals surface area contributed by atoms with Gasteiger partial charge in [0.1, 0.15) is 5.75 Å². The van der Waals surface area contributed by atoms with E-state index < -0.39 is 5.54 Å². The predicted octanol–water partition coefficient (Wildman–Crippen LogP) is 3.62. The molecule has 4 nitrogen and oxygen atoms in total. The molecule has 0 aliphatic carbocycles. The minimum Gasteiger partial charge on any atom is -0.493 e. The maximum absolute atomic E-state index is 11.9. The van der Waals surface area contributed by atoms with Crippen LogP contribution in [0.25, 0.3) is 0 Å². The zero-order valence-corrected chi connectivity index (χ0v) is 16.9. The molecular formula is C16H26BrClN2O2S. The summed E-state index contributed by atoms with van der Waals surface area (Å²) in [5, 5.41) is 2.89. The third-order valence-corrected chi connectivity index (χ3v) is 4.55. The highest BCUT2D eigenvalue weighted by Gasteiger charge is 2.26. The van der Waals surface area contributed by atoms with Crippen molar-refractivity contribution < 1.29 is 9.53 Å². The number of carbonyl (C=O) groups is 1. The van der Waals surface area contributed by atoms with E-state index in [1.165, 1.54) is 0 Å². The molecule has 1 amide bonds. The van der Waals surface area contributed by atoms with E-state index in [1.54, 1.807) is 18.7 Å². The molecule has 0 heterocycles. The highest BCUT2D eigenvalue weighted by Crippen LogP contribution is 2.17. The third-order valence-electron chi connectivity index (χ3n) is 3.11. The maximum Gasteiger partial charge on any atom is 0.239 e. The number of hydrogen-bond acceptors (Lipinski definition) is 4. The summed E-state index contributed by atoms with van der Waals surface area (Å²) in [4.78, 5) is 11.9. The van der Waals surface area contributed by atoms with Crippen LogP contribution in [-0.2, 0) is 4.79 Å². The third kappa shape index (κ3) is 9.45. The van der Waals surface area contributed by atoms with Crippen molar-refractivity contribution in [1.82, 2.24) is 5.32 Å². The van der Waals surface area contributed by atoms with Gasteiger partial charge in [0.15, 0.2) is 0 Å². The van der Waals surface area contributed by atoms with Gasteiger partial charge >= 0.3 is 0 Å². The minimum atomic E-state index is -0.761. The zero-order chi connectivity index (χ0) is 16.4. The van der Waals surface area contributed by atoms with E-state index in [-0.39, 0.29) is 18.3 Å². The Bertz CT molecular complexity index is 475.